The lowest BCUT2D eigenvalue weighted by atomic mass is 9.85. The SMILES string of the molecule is CCc1c(C)c(C)c(C)c(C)c1-c1ccccc1. The lowest BCUT2D eigenvalue weighted by Gasteiger charge is -2.20. The van der Waals surface area contributed by atoms with Gasteiger partial charge in [-0.25, -0.2) is 0 Å². The average molecular weight is 238 g/mol. The highest BCUT2D eigenvalue weighted by molar-refractivity contribution is 5.74. The van der Waals surface area contributed by atoms with Crippen molar-refractivity contribution in [2.24, 2.45) is 0 Å². The summed E-state index contributed by atoms with van der Waals surface area (Å²) in [6, 6.07) is 10.8. The van der Waals surface area contributed by atoms with Crippen molar-refractivity contribution >= 4 is 0 Å². The lowest BCUT2D eigenvalue weighted by molar-refractivity contribution is 1.07. The van der Waals surface area contributed by atoms with Gasteiger partial charge in [0.2, 0.25) is 0 Å². The van der Waals surface area contributed by atoms with E-state index in [1.54, 1.807) is 0 Å². The van der Waals surface area contributed by atoms with Crippen LogP contribution in [0.5, 0.6) is 0 Å². The highest BCUT2D eigenvalue weighted by Crippen LogP contribution is 2.34. The normalized spacial score (nSPS) is 10.7. The van der Waals surface area contributed by atoms with E-state index < -0.39 is 0 Å². The van der Waals surface area contributed by atoms with Gasteiger partial charge in [-0.2, -0.15) is 0 Å². The van der Waals surface area contributed by atoms with Gasteiger partial charge in [0.25, 0.3) is 0 Å². The van der Waals surface area contributed by atoms with E-state index in [4.69, 9.17) is 0 Å². The molecule has 94 valence electrons. The maximum Gasteiger partial charge on any atom is -0.0117 e. The molecule has 0 aliphatic rings. The number of rotatable bonds is 2. The summed E-state index contributed by atoms with van der Waals surface area (Å²) in [6.07, 6.45) is 1.10. The summed E-state index contributed by atoms with van der Waals surface area (Å²) in [5.41, 5.74) is 10.1. The Morgan fingerprint density at radius 2 is 1.28 bits per heavy atom. The van der Waals surface area contributed by atoms with E-state index in [0.717, 1.165) is 6.42 Å². The van der Waals surface area contributed by atoms with Crippen molar-refractivity contribution in [3.8, 4) is 11.1 Å². The second-order valence-corrected chi connectivity index (χ2v) is 5.07. The molecule has 0 unspecified atom stereocenters. The molecule has 2 rings (SSSR count). The third-order valence-electron chi connectivity index (χ3n) is 4.23. The molecule has 0 N–H and O–H groups in total. The zero-order valence-corrected chi connectivity index (χ0v) is 12.1. The van der Waals surface area contributed by atoms with Crippen molar-refractivity contribution in [3.63, 3.8) is 0 Å². The van der Waals surface area contributed by atoms with Gasteiger partial charge in [-0.05, 0) is 73.1 Å². The second kappa shape index (κ2) is 4.97. The maximum atomic E-state index is 2.26. The van der Waals surface area contributed by atoms with E-state index in [0.29, 0.717) is 0 Å². The standard InChI is InChI=1S/C18H22/c1-6-17-14(4)12(2)13(3)15(5)18(17)16-10-8-7-9-11-16/h7-11H,6H2,1-5H3. The Morgan fingerprint density at radius 3 is 1.83 bits per heavy atom. The molecule has 2 aromatic rings. The maximum absolute atomic E-state index is 2.26. The minimum absolute atomic E-state index is 1.10. The van der Waals surface area contributed by atoms with E-state index in [1.165, 1.54) is 38.9 Å². The molecule has 0 saturated heterocycles. The van der Waals surface area contributed by atoms with Crippen LogP contribution in [0.4, 0.5) is 0 Å². The Labute approximate surface area is 111 Å². The molecule has 0 heterocycles. The molecule has 0 fully saturated rings. The van der Waals surface area contributed by atoms with Crippen molar-refractivity contribution < 1.29 is 0 Å². The van der Waals surface area contributed by atoms with E-state index >= 15 is 0 Å². The van der Waals surface area contributed by atoms with Gasteiger partial charge in [-0.3, -0.25) is 0 Å². The Kier molecular flexibility index (Phi) is 3.56. The molecular weight excluding hydrogens is 216 g/mol. The minimum atomic E-state index is 1.10. The van der Waals surface area contributed by atoms with Gasteiger partial charge in [-0.1, -0.05) is 37.3 Å². The van der Waals surface area contributed by atoms with Crippen molar-refractivity contribution in [2.45, 2.75) is 41.0 Å². The van der Waals surface area contributed by atoms with Crippen molar-refractivity contribution in [1.82, 2.24) is 0 Å². The summed E-state index contributed by atoms with van der Waals surface area (Å²) in [4.78, 5) is 0. The van der Waals surface area contributed by atoms with Crippen LogP contribution in [0, 0.1) is 27.7 Å². The van der Waals surface area contributed by atoms with E-state index in [1.807, 2.05) is 0 Å². The van der Waals surface area contributed by atoms with Gasteiger partial charge in [0, 0.05) is 0 Å². The summed E-state index contributed by atoms with van der Waals surface area (Å²) >= 11 is 0. The van der Waals surface area contributed by atoms with Gasteiger partial charge in [-0.15, -0.1) is 0 Å². The van der Waals surface area contributed by atoms with Crippen molar-refractivity contribution in [3.05, 3.63) is 58.1 Å². The van der Waals surface area contributed by atoms with Gasteiger partial charge in [0.15, 0.2) is 0 Å². The van der Waals surface area contributed by atoms with Crippen LogP contribution >= 0.6 is 0 Å². The smallest absolute Gasteiger partial charge is 0.0117 e. The molecule has 0 spiro atoms. The Bertz CT molecular complexity index is 563. The monoisotopic (exact) mass is 238 g/mol. The quantitative estimate of drug-likeness (QED) is 0.678. The molecule has 0 aliphatic heterocycles. The van der Waals surface area contributed by atoms with Crippen molar-refractivity contribution in [1.29, 1.82) is 0 Å². The van der Waals surface area contributed by atoms with E-state index in [-0.39, 0.29) is 0 Å². The van der Waals surface area contributed by atoms with Crippen LogP contribution in [0.2, 0.25) is 0 Å². The second-order valence-electron chi connectivity index (χ2n) is 5.07. The van der Waals surface area contributed by atoms with E-state index in [9.17, 15) is 0 Å². The van der Waals surface area contributed by atoms with Crippen LogP contribution in [0.3, 0.4) is 0 Å². The molecule has 0 bridgehead atoms. The topological polar surface area (TPSA) is 0 Å². The minimum Gasteiger partial charge on any atom is -0.0622 e. The third kappa shape index (κ3) is 1.96. The predicted octanol–water partition coefficient (Wildman–Crippen LogP) is 5.15. The van der Waals surface area contributed by atoms with Gasteiger partial charge in [0.05, 0.1) is 0 Å². The van der Waals surface area contributed by atoms with Crippen LogP contribution in [0.1, 0.15) is 34.7 Å². The summed E-state index contributed by atoms with van der Waals surface area (Å²) in [6.45, 7) is 11.2. The molecule has 0 aliphatic carbocycles. The zero-order chi connectivity index (χ0) is 13.3. The highest BCUT2D eigenvalue weighted by atomic mass is 14.2. The molecular formula is C18H22. The fourth-order valence-corrected chi connectivity index (χ4v) is 2.83. The fourth-order valence-electron chi connectivity index (χ4n) is 2.83. The van der Waals surface area contributed by atoms with Gasteiger partial charge >= 0.3 is 0 Å². The first-order valence-electron chi connectivity index (χ1n) is 6.72. The molecule has 18 heavy (non-hydrogen) atoms. The lowest BCUT2D eigenvalue weighted by Crippen LogP contribution is -2.01. The Morgan fingerprint density at radius 1 is 0.722 bits per heavy atom. The molecule has 0 atom stereocenters. The summed E-state index contributed by atoms with van der Waals surface area (Å²) in [5.74, 6) is 0. The zero-order valence-electron chi connectivity index (χ0n) is 12.1. The number of hydrogen-bond acceptors (Lipinski definition) is 0. The molecule has 0 aromatic heterocycles. The molecule has 0 radical (unpaired) electrons. The first-order chi connectivity index (χ1) is 8.57. The predicted molar refractivity (Wildman–Crippen MR) is 80.2 cm³/mol. The Balaban J connectivity index is 2.82. The summed E-state index contributed by atoms with van der Waals surface area (Å²) in [5, 5.41) is 0. The van der Waals surface area contributed by atoms with Crippen LogP contribution < -0.4 is 0 Å². The Hall–Kier alpha value is -1.56. The number of benzene rings is 2. The average Bonchev–Trinajstić information content (AvgIpc) is 2.41. The first kappa shape index (κ1) is 12.9. The molecule has 0 amide bonds. The molecule has 0 heteroatoms. The van der Waals surface area contributed by atoms with Gasteiger partial charge < -0.3 is 0 Å². The van der Waals surface area contributed by atoms with Crippen LogP contribution in [0.25, 0.3) is 11.1 Å². The summed E-state index contributed by atoms with van der Waals surface area (Å²) in [7, 11) is 0. The van der Waals surface area contributed by atoms with Crippen LogP contribution in [-0.2, 0) is 6.42 Å². The largest absolute Gasteiger partial charge is 0.0622 e. The van der Waals surface area contributed by atoms with Crippen LogP contribution in [0.15, 0.2) is 30.3 Å². The first-order valence-corrected chi connectivity index (χ1v) is 6.72. The third-order valence-corrected chi connectivity index (χ3v) is 4.23. The fraction of sp³-hybridized carbons (Fsp3) is 0.333. The molecule has 0 saturated carbocycles. The number of hydrogen-bond donors (Lipinski definition) is 0. The summed E-state index contributed by atoms with van der Waals surface area (Å²) < 4.78 is 0. The van der Waals surface area contributed by atoms with Gasteiger partial charge in [0.1, 0.15) is 0 Å². The van der Waals surface area contributed by atoms with Crippen molar-refractivity contribution in [2.75, 3.05) is 0 Å². The van der Waals surface area contributed by atoms with E-state index in [2.05, 4.69) is 65.0 Å². The molecule has 0 nitrogen and oxygen atoms in total. The molecule has 2 aromatic carbocycles. The van der Waals surface area contributed by atoms with Crippen LogP contribution in [-0.4, -0.2) is 0 Å². The highest BCUT2D eigenvalue weighted by Gasteiger charge is 2.14.